The van der Waals surface area contributed by atoms with Crippen LogP contribution in [-0.4, -0.2) is 25.5 Å². The van der Waals surface area contributed by atoms with E-state index in [-0.39, 0.29) is 5.91 Å². The third-order valence-electron chi connectivity index (χ3n) is 4.15. The predicted octanol–water partition coefficient (Wildman–Crippen LogP) is 4.94. The normalized spacial score (nSPS) is 10.4. The first-order valence-corrected chi connectivity index (χ1v) is 9.06. The highest BCUT2D eigenvalue weighted by Crippen LogP contribution is 2.23. The van der Waals surface area contributed by atoms with Crippen LogP contribution >= 0.6 is 11.6 Å². The molecule has 2 aromatic carbocycles. The fourth-order valence-electron chi connectivity index (χ4n) is 2.70. The van der Waals surface area contributed by atoms with E-state index in [1.165, 1.54) is 5.69 Å². The zero-order valence-corrected chi connectivity index (χ0v) is 15.9. The number of carbonyl (C=O) groups excluding carboxylic acids is 1. The van der Waals surface area contributed by atoms with Gasteiger partial charge in [0.1, 0.15) is 0 Å². The second-order valence-corrected chi connectivity index (χ2v) is 6.28. The summed E-state index contributed by atoms with van der Waals surface area (Å²) in [6.07, 6.45) is 0.377. The topological polar surface area (TPSA) is 44.4 Å². The van der Waals surface area contributed by atoms with Crippen LogP contribution in [0, 0.1) is 6.92 Å². The van der Waals surface area contributed by atoms with Gasteiger partial charge in [-0.05, 0) is 56.7 Å². The van der Waals surface area contributed by atoms with Crippen molar-refractivity contribution in [1.82, 2.24) is 0 Å². The molecule has 0 aliphatic rings. The number of carbonyl (C=O) groups is 1. The molecule has 0 spiro atoms. The summed E-state index contributed by atoms with van der Waals surface area (Å²) in [4.78, 5) is 14.5. The van der Waals surface area contributed by atoms with Crippen LogP contribution in [-0.2, 0) is 4.79 Å². The quantitative estimate of drug-likeness (QED) is 0.702. The van der Waals surface area contributed by atoms with Crippen LogP contribution in [0.25, 0.3) is 0 Å². The Bertz CT molecular complexity index is 714. The number of benzene rings is 2. The summed E-state index contributed by atoms with van der Waals surface area (Å²) >= 11 is 6.09. The van der Waals surface area contributed by atoms with Gasteiger partial charge in [0.05, 0.1) is 10.7 Å². The summed E-state index contributed by atoms with van der Waals surface area (Å²) in [5, 5.41) is 6.82. The maximum absolute atomic E-state index is 12.2. The van der Waals surface area contributed by atoms with Crippen LogP contribution in [0.3, 0.4) is 0 Å². The molecule has 0 bridgehead atoms. The zero-order chi connectivity index (χ0) is 18.2. The number of amides is 1. The molecule has 1 amide bonds. The molecule has 0 aromatic heterocycles. The molecule has 2 rings (SSSR count). The molecule has 5 heteroatoms. The second-order valence-electron chi connectivity index (χ2n) is 5.88. The monoisotopic (exact) mass is 359 g/mol. The fraction of sp³-hybridized carbons (Fsp3) is 0.350. The van der Waals surface area contributed by atoms with E-state index in [1.54, 1.807) is 0 Å². The maximum atomic E-state index is 12.2. The van der Waals surface area contributed by atoms with Gasteiger partial charge in [-0.2, -0.15) is 0 Å². The van der Waals surface area contributed by atoms with Crippen molar-refractivity contribution in [3.8, 4) is 0 Å². The highest BCUT2D eigenvalue weighted by Gasteiger charge is 2.08. The van der Waals surface area contributed by atoms with E-state index in [0.717, 1.165) is 30.0 Å². The van der Waals surface area contributed by atoms with Crippen LogP contribution < -0.4 is 15.5 Å². The number of anilines is 3. The van der Waals surface area contributed by atoms with Crippen molar-refractivity contribution in [3.05, 3.63) is 53.1 Å². The first-order valence-electron chi connectivity index (χ1n) is 8.69. The number of para-hydroxylation sites is 1. The van der Waals surface area contributed by atoms with E-state index >= 15 is 0 Å². The van der Waals surface area contributed by atoms with Gasteiger partial charge in [-0.25, -0.2) is 0 Å². The average molecular weight is 360 g/mol. The van der Waals surface area contributed by atoms with Crippen molar-refractivity contribution in [2.75, 3.05) is 35.2 Å². The van der Waals surface area contributed by atoms with Crippen LogP contribution in [0.15, 0.2) is 42.5 Å². The number of halogens is 1. The molecule has 0 aliphatic carbocycles. The Labute approximate surface area is 155 Å². The molecule has 0 radical (unpaired) electrons. The highest BCUT2D eigenvalue weighted by atomic mass is 35.5. The maximum Gasteiger partial charge on any atom is 0.226 e. The van der Waals surface area contributed by atoms with Crippen LogP contribution in [0.2, 0.25) is 5.02 Å². The molecule has 4 nitrogen and oxygen atoms in total. The number of nitrogens with zero attached hydrogens (tertiary/aromatic N) is 1. The number of aryl methyl sites for hydroxylation is 1. The lowest BCUT2D eigenvalue weighted by molar-refractivity contribution is -0.115. The van der Waals surface area contributed by atoms with Crippen LogP contribution in [0.4, 0.5) is 17.1 Å². The minimum Gasteiger partial charge on any atom is -0.383 e. The number of hydrogen-bond acceptors (Lipinski definition) is 3. The molecule has 0 aliphatic heterocycles. The standard InChI is InChI=1S/C20H26ClN3O/c1-4-24(5-2)16-10-11-18(15(3)14-16)23-20(25)12-13-22-19-9-7-6-8-17(19)21/h6-11,14,22H,4-5,12-13H2,1-3H3,(H,23,25). The summed E-state index contributed by atoms with van der Waals surface area (Å²) in [5.74, 6) is -0.0155. The minimum atomic E-state index is -0.0155. The largest absolute Gasteiger partial charge is 0.383 e. The molecular weight excluding hydrogens is 334 g/mol. The summed E-state index contributed by atoms with van der Waals surface area (Å²) < 4.78 is 0. The molecule has 2 aromatic rings. The van der Waals surface area contributed by atoms with Crippen LogP contribution in [0.1, 0.15) is 25.8 Å². The molecule has 25 heavy (non-hydrogen) atoms. The molecule has 0 fully saturated rings. The van der Waals surface area contributed by atoms with E-state index in [2.05, 4.69) is 41.5 Å². The Morgan fingerprint density at radius 1 is 1.08 bits per heavy atom. The van der Waals surface area contributed by atoms with E-state index in [1.807, 2.05) is 37.3 Å². The summed E-state index contributed by atoms with van der Waals surface area (Å²) in [5.41, 5.74) is 3.95. The molecule has 0 saturated carbocycles. The number of rotatable bonds is 8. The van der Waals surface area contributed by atoms with Gasteiger partial charge in [-0.3, -0.25) is 4.79 Å². The van der Waals surface area contributed by atoms with Crippen molar-refractivity contribution >= 4 is 34.6 Å². The van der Waals surface area contributed by atoms with Gasteiger partial charge in [0, 0.05) is 37.4 Å². The first kappa shape index (κ1) is 19.1. The van der Waals surface area contributed by atoms with Gasteiger partial charge in [0.15, 0.2) is 0 Å². The van der Waals surface area contributed by atoms with Crippen LogP contribution in [0.5, 0.6) is 0 Å². The molecule has 0 saturated heterocycles. The molecule has 0 heterocycles. The lowest BCUT2D eigenvalue weighted by Gasteiger charge is -2.22. The second kappa shape index (κ2) is 9.33. The van der Waals surface area contributed by atoms with Crippen molar-refractivity contribution < 1.29 is 4.79 Å². The molecule has 0 atom stereocenters. The van der Waals surface area contributed by atoms with Gasteiger partial charge in [0.25, 0.3) is 0 Å². The SMILES string of the molecule is CCN(CC)c1ccc(NC(=O)CCNc2ccccc2Cl)c(C)c1. The fourth-order valence-corrected chi connectivity index (χ4v) is 2.90. The summed E-state index contributed by atoms with van der Waals surface area (Å²) in [6.45, 7) is 8.77. The molecule has 0 unspecified atom stereocenters. The van der Waals surface area contributed by atoms with Gasteiger partial charge < -0.3 is 15.5 Å². The predicted molar refractivity (Wildman–Crippen MR) is 108 cm³/mol. The Morgan fingerprint density at radius 2 is 1.80 bits per heavy atom. The van der Waals surface area contributed by atoms with E-state index in [4.69, 9.17) is 11.6 Å². The molecule has 2 N–H and O–H groups in total. The summed E-state index contributed by atoms with van der Waals surface area (Å²) in [7, 11) is 0. The smallest absolute Gasteiger partial charge is 0.226 e. The third-order valence-corrected chi connectivity index (χ3v) is 4.48. The zero-order valence-electron chi connectivity index (χ0n) is 15.1. The molecule has 134 valence electrons. The molecular formula is C20H26ClN3O. The van der Waals surface area contributed by atoms with E-state index in [9.17, 15) is 4.79 Å². The lowest BCUT2D eigenvalue weighted by atomic mass is 10.1. The van der Waals surface area contributed by atoms with Crippen molar-refractivity contribution in [3.63, 3.8) is 0 Å². The number of nitrogens with one attached hydrogen (secondary N) is 2. The Morgan fingerprint density at radius 3 is 2.44 bits per heavy atom. The summed E-state index contributed by atoms with van der Waals surface area (Å²) in [6, 6.07) is 13.7. The average Bonchev–Trinajstić information content (AvgIpc) is 2.60. The van der Waals surface area contributed by atoms with Gasteiger partial charge in [-0.15, -0.1) is 0 Å². The van der Waals surface area contributed by atoms with Gasteiger partial charge in [-0.1, -0.05) is 23.7 Å². The van der Waals surface area contributed by atoms with Gasteiger partial charge >= 0.3 is 0 Å². The highest BCUT2D eigenvalue weighted by molar-refractivity contribution is 6.33. The van der Waals surface area contributed by atoms with E-state index in [0.29, 0.717) is 18.0 Å². The lowest BCUT2D eigenvalue weighted by Crippen LogP contribution is -2.22. The Kier molecular flexibility index (Phi) is 7.14. The minimum absolute atomic E-state index is 0.0155. The van der Waals surface area contributed by atoms with Crippen molar-refractivity contribution in [2.45, 2.75) is 27.2 Å². The first-order chi connectivity index (χ1) is 12.0. The van der Waals surface area contributed by atoms with Gasteiger partial charge in [0.2, 0.25) is 5.91 Å². The Hall–Kier alpha value is -2.20. The Balaban J connectivity index is 1.89. The van der Waals surface area contributed by atoms with E-state index < -0.39 is 0 Å². The van der Waals surface area contributed by atoms with Crippen molar-refractivity contribution in [2.24, 2.45) is 0 Å². The number of hydrogen-bond donors (Lipinski definition) is 2. The van der Waals surface area contributed by atoms with Crippen molar-refractivity contribution in [1.29, 1.82) is 0 Å². The third kappa shape index (κ3) is 5.40.